The van der Waals surface area contributed by atoms with Crippen LogP contribution in [0.3, 0.4) is 0 Å². The van der Waals surface area contributed by atoms with Crippen LogP contribution in [0.15, 0.2) is 0 Å². The summed E-state index contributed by atoms with van der Waals surface area (Å²) in [5.41, 5.74) is 0. The van der Waals surface area contributed by atoms with E-state index in [0.29, 0.717) is 19.4 Å². The van der Waals surface area contributed by atoms with Crippen LogP contribution in [0, 0.1) is 0 Å². The molecule has 1 rings (SSSR count). The van der Waals surface area contributed by atoms with Crippen LogP contribution in [0.4, 0.5) is 0 Å². The van der Waals surface area contributed by atoms with Crippen LogP contribution in [0.1, 0.15) is 19.8 Å². The molecule has 1 saturated heterocycles. The second kappa shape index (κ2) is 7.33. The maximum Gasteiger partial charge on any atom is 0.326 e. The summed E-state index contributed by atoms with van der Waals surface area (Å²) in [6.07, 6.45) is 0.781. The van der Waals surface area contributed by atoms with Gasteiger partial charge in [-0.25, -0.2) is 4.79 Å². The van der Waals surface area contributed by atoms with Gasteiger partial charge in [0.25, 0.3) is 0 Å². The lowest BCUT2D eigenvalue weighted by molar-refractivity contribution is -0.141. The molecule has 0 bridgehead atoms. The second-order valence-electron chi connectivity index (χ2n) is 4.76. The molecule has 1 aliphatic rings. The fourth-order valence-corrected chi connectivity index (χ4v) is 1.94. The Morgan fingerprint density at radius 3 is 2.39 bits per heavy atom. The molecule has 0 aromatic heterocycles. The average molecular weight is 257 g/mol. The number of likely N-dealkylation sites (N-methyl/N-ethyl adjacent to an activating group) is 1. The lowest BCUT2D eigenvalue weighted by Crippen LogP contribution is -2.46. The van der Waals surface area contributed by atoms with E-state index in [0.717, 1.165) is 26.2 Å². The predicted octanol–water partition coefficient (Wildman–Crippen LogP) is -0.397. The highest BCUT2D eigenvalue weighted by Gasteiger charge is 2.19. The van der Waals surface area contributed by atoms with Gasteiger partial charge in [0, 0.05) is 39.1 Å². The number of carbonyl (C=O) groups excluding carboxylic acids is 1. The highest BCUT2D eigenvalue weighted by atomic mass is 16.4. The van der Waals surface area contributed by atoms with Crippen molar-refractivity contribution in [2.24, 2.45) is 0 Å². The zero-order valence-corrected chi connectivity index (χ0v) is 11.2. The smallest absolute Gasteiger partial charge is 0.326 e. The van der Waals surface area contributed by atoms with Crippen molar-refractivity contribution in [3.63, 3.8) is 0 Å². The largest absolute Gasteiger partial charge is 0.480 e. The monoisotopic (exact) mass is 257 g/mol. The molecule has 6 heteroatoms. The topological polar surface area (TPSA) is 72.9 Å². The number of nitrogens with one attached hydrogen (secondary N) is 1. The van der Waals surface area contributed by atoms with Gasteiger partial charge in [-0.1, -0.05) is 6.92 Å². The standard InChI is InChI=1S/C12H23N3O3/c1-3-10(12(17)18)13-11(16)4-5-15-8-6-14(2)7-9-15/h10H,3-9H2,1-2H3,(H,13,16)(H,17,18). The molecule has 1 aliphatic heterocycles. The molecule has 18 heavy (non-hydrogen) atoms. The summed E-state index contributed by atoms with van der Waals surface area (Å²) in [4.78, 5) is 26.9. The summed E-state index contributed by atoms with van der Waals surface area (Å²) in [5.74, 6) is -1.14. The summed E-state index contributed by atoms with van der Waals surface area (Å²) in [5, 5.41) is 11.4. The van der Waals surface area contributed by atoms with Gasteiger partial charge in [-0.15, -0.1) is 0 Å². The molecule has 0 aliphatic carbocycles. The van der Waals surface area contributed by atoms with Gasteiger partial charge in [0.05, 0.1) is 0 Å². The lowest BCUT2D eigenvalue weighted by Gasteiger charge is -2.32. The van der Waals surface area contributed by atoms with E-state index in [1.165, 1.54) is 0 Å². The number of hydrogen-bond acceptors (Lipinski definition) is 4. The zero-order valence-electron chi connectivity index (χ0n) is 11.2. The Kier molecular flexibility index (Phi) is 6.07. The van der Waals surface area contributed by atoms with Crippen LogP contribution >= 0.6 is 0 Å². The van der Waals surface area contributed by atoms with Gasteiger partial charge in [0.2, 0.25) is 5.91 Å². The van der Waals surface area contributed by atoms with E-state index >= 15 is 0 Å². The Labute approximate surface area is 108 Å². The van der Waals surface area contributed by atoms with Crippen LogP contribution in [0.2, 0.25) is 0 Å². The number of nitrogens with zero attached hydrogens (tertiary/aromatic N) is 2. The van der Waals surface area contributed by atoms with Crippen molar-refractivity contribution < 1.29 is 14.7 Å². The molecule has 0 saturated carbocycles. The molecule has 1 fully saturated rings. The van der Waals surface area contributed by atoms with Gasteiger partial charge in [0.1, 0.15) is 6.04 Å². The number of aliphatic carboxylic acids is 1. The third-order valence-electron chi connectivity index (χ3n) is 3.29. The van der Waals surface area contributed by atoms with Crippen molar-refractivity contribution in [2.45, 2.75) is 25.8 Å². The van der Waals surface area contributed by atoms with Crippen LogP contribution in [-0.2, 0) is 9.59 Å². The minimum absolute atomic E-state index is 0.178. The normalized spacial score (nSPS) is 19.4. The van der Waals surface area contributed by atoms with Crippen LogP contribution in [0.5, 0.6) is 0 Å². The van der Waals surface area contributed by atoms with Crippen molar-refractivity contribution in [3.8, 4) is 0 Å². The molecule has 0 aromatic rings. The highest BCUT2D eigenvalue weighted by Crippen LogP contribution is 2.00. The number of piperazine rings is 1. The van der Waals surface area contributed by atoms with E-state index in [1.807, 2.05) is 0 Å². The van der Waals surface area contributed by atoms with Crippen molar-refractivity contribution in [1.29, 1.82) is 0 Å². The molecule has 1 heterocycles. The van der Waals surface area contributed by atoms with Crippen molar-refractivity contribution >= 4 is 11.9 Å². The number of hydrogen-bond donors (Lipinski definition) is 2. The SMILES string of the molecule is CCC(NC(=O)CCN1CCN(C)CC1)C(=O)O. The predicted molar refractivity (Wildman–Crippen MR) is 68.4 cm³/mol. The summed E-state index contributed by atoms with van der Waals surface area (Å²) < 4.78 is 0. The fraction of sp³-hybridized carbons (Fsp3) is 0.833. The maximum absolute atomic E-state index is 11.6. The van der Waals surface area contributed by atoms with Crippen LogP contribution in [0.25, 0.3) is 0 Å². The van der Waals surface area contributed by atoms with Gasteiger partial charge in [-0.3, -0.25) is 4.79 Å². The highest BCUT2D eigenvalue weighted by molar-refractivity contribution is 5.83. The Hall–Kier alpha value is -1.14. The first-order valence-corrected chi connectivity index (χ1v) is 6.46. The third kappa shape index (κ3) is 5.01. The average Bonchev–Trinajstić information content (AvgIpc) is 2.35. The van der Waals surface area contributed by atoms with Gasteiger partial charge in [0.15, 0.2) is 0 Å². The van der Waals surface area contributed by atoms with Gasteiger partial charge >= 0.3 is 5.97 Å². The summed E-state index contributed by atoms with van der Waals surface area (Å²) in [6, 6.07) is -0.759. The van der Waals surface area contributed by atoms with E-state index in [1.54, 1.807) is 6.92 Å². The van der Waals surface area contributed by atoms with Gasteiger partial charge in [-0.05, 0) is 13.5 Å². The fourth-order valence-electron chi connectivity index (χ4n) is 1.94. The first-order chi connectivity index (χ1) is 8.52. The van der Waals surface area contributed by atoms with Crippen molar-refractivity contribution in [3.05, 3.63) is 0 Å². The lowest BCUT2D eigenvalue weighted by atomic mass is 10.2. The third-order valence-corrected chi connectivity index (χ3v) is 3.29. The molecule has 104 valence electrons. The van der Waals surface area contributed by atoms with Crippen molar-refractivity contribution in [2.75, 3.05) is 39.8 Å². The molecule has 0 aromatic carbocycles. The molecule has 2 N–H and O–H groups in total. The molecule has 1 atom stereocenters. The first-order valence-electron chi connectivity index (χ1n) is 6.46. The van der Waals surface area contributed by atoms with E-state index in [9.17, 15) is 9.59 Å². The molecule has 0 radical (unpaired) electrons. The minimum atomic E-state index is -0.967. The van der Waals surface area contributed by atoms with E-state index in [2.05, 4.69) is 22.2 Å². The number of carbonyl (C=O) groups is 2. The Balaban J connectivity index is 2.22. The maximum atomic E-state index is 11.6. The molecular weight excluding hydrogens is 234 g/mol. The summed E-state index contributed by atoms with van der Waals surface area (Å²) in [7, 11) is 2.09. The summed E-state index contributed by atoms with van der Waals surface area (Å²) >= 11 is 0. The second-order valence-corrected chi connectivity index (χ2v) is 4.76. The Morgan fingerprint density at radius 1 is 1.28 bits per heavy atom. The molecular formula is C12H23N3O3. The van der Waals surface area contributed by atoms with Gasteiger partial charge < -0.3 is 20.2 Å². The van der Waals surface area contributed by atoms with Gasteiger partial charge in [-0.2, -0.15) is 0 Å². The Bertz CT molecular complexity index is 288. The van der Waals surface area contributed by atoms with E-state index in [4.69, 9.17) is 5.11 Å². The van der Waals surface area contributed by atoms with Crippen LogP contribution in [-0.4, -0.2) is 72.6 Å². The Morgan fingerprint density at radius 2 is 1.89 bits per heavy atom. The number of carboxylic acids is 1. The van der Waals surface area contributed by atoms with E-state index < -0.39 is 12.0 Å². The number of carboxylic acid groups (broad SMARTS) is 1. The number of amides is 1. The quantitative estimate of drug-likeness (QED) is 0.677. The molecule has 0 spiro atoms. The molecule has 6 nitrogen and oxygen atoms in total. The van der Waals surface area contributed by atoms with E-state index in [-0.39, 0.29) is 5.91 Å². The number of rotatable bonds is 6. The summed E-state index contributed by atoms with van der Waals surface area (Å²) in [6.45, 7) is 6.44. The van der Waals surface area contributed by atoms with Crippen LogP contribution < -0.4 is 5.32 Å². The zero-order chi connectivity index (χ0) is 13.5. The van der Waals surface area contributed by atoms with Crippen molar-refractivity contribution in [1.82, 2.24) is 15.1 Å². The first kappa shape index (κ1) is 14.9. The molecule has 1 amide bonds. The minimum Gasteiger partial charge on any atom is -0.480 e. The molecule has 1 unspecified atom stereocenters.